The van der Waals surface area contributed by atoms with E-state index in [0.717, 1.165) is 45.3 Å². The van der Waals surface area contributed by atoms with Crippen molar-refractivity contribution in [3.63, 3.8) is 0 Å². The summed E-state index contributed by atoms with van der Waals surface area (Å²) in [5, 5.41) is 5.46. The third-order valence-electron chi connectivity index (χ3n) is 14.7. The highest BCUT2D eigenvalue weighted by Gasteiger charge is 2.51. The molecule has 13 rings (SSSR count). The highest BCUT2D eigenvalue weighted by atomic mass is 28.3. The normalized spacial score (nSPS) is 12.8. The van der Waals surface area contributed by atoms with Gasteiger partial charge in [0.25, 0.3) is 0 Å². The zero-order valence-electron chi connectivity index (χ0n) is 38.5. The lowest BCUT2D eigenvalue weighted by Gasteiger charge is -2.39. The zero-order chi connectivity index (χ0) is 46.5. The van der Waals surface area contributed by atoms with Gasteiger partial charge in [0.05, 0.1) is 5.41 Å². The summed E-state index contributed by atoms with van der Waals surface area (Å²) in [6.07, 6.45) is 0. The summed E-state index contributed by atoms with van der Waals surface area (Å²) in [6, 6.07) is 104. The Morgan fingerprint density at radius 1 is 0.271 bits per heavy atom. The van der Waals surface area contributed by atoms with Crippen molar-refractivity contribution in [1.82, 2.24) is 0 Å². The number of rotatable bonds is 9. The minimum absolute atomic E-state index is 0.481. The lowest BCUT2D eigenvalue weighted by Crippen LogP contribution is -2.74. The molecular formula is C67H47NOSi. The van der Waals surface area contributed by atoms with Crippen molar-refractivity contribution >= 4 is 45.9 Å². The third-order valence-corrected chi connectivity index (χ3v) is 19.5. The van der Waals surface area contributed by atoms with E-state index in [0.29, 0.717) is 0 Å². The van der Waals surface area contributed by atoms with Crippen LogP contribution in [0.15, 0.2) is 285 Å². The van der Waals surface area contributed by atoms with Crippen molar-refractivity contribution in [2.24, 2.45) is 0 Å². The highest BCUT2D eigenvalue weighted by molar-refractivity contribution is 7.19. The van der Waals surface area contributed by atoms with E-state index >= 15 is 0 Å². The minimum Gasteiger partial charge on any atom is -0.457 e. The maximum Gasteiger partial charge on any atom is 0.179 e. The predicted molar refractivity (Wildman–Crippen MR) is 293 cm³/mol. The third kappa shape index (κ3) is 6.54. The van der Waals surface area contributed by atoms with Gasteiger partial charge in [-0.2, -0.15) is 0 Å². The fourth-order valence-electron chi connectivity index (χ4n) is 11.7. The van der Waals surface area contributed by atoms with Gasteiger partial charge in [0.15, 0.2) is 8.07 Å². The van der Waals surface area contributed by atoms with Crippen molar-refractivity contribution in [2.45, 2.75) is 5.41 Å². The van der Waals surface area contributed by atoms with Crippen LogP contribution in [0.4, 0.5) is 17.1 Å². The van der Waals surface area contributed by atoms with Crippen LogP contribution in [0.3, 0.4) is 0 Å². The number of nitrogens with zero attached hydrogens (tertiary/aromatic N) is 1. The fraction of sp³-hybridized carbons (Fsp3) is 0.0149. The van der Waals surface area contributed by atoms with Gasteiger partial charge in [0, 0.05) is 28.2 Å². The van der Waals surface area contributed by atoms with Crippen LogP contribution in [-0.2, 0) is 5.41 Å². The Balaban J connectivity index is 0.862. The van der Waals surface area contributed by atoms with E-state index in [4.69, 9.17) is 4.74 Å². The minimum atomic E-state index is -2.64. The molecule has 2 nitrogen and oxygen atoms in total. The topological polar surface area (TPSA) is 12.5 Å². The average molecular weight is 910 g/mol. The number of benzene rings is 11. The molecular weight excluding hydrogens is 863 g/mol. The summed E-state index contributed by atoms with van der Waals surface area (Å²) in [6.45, 7) is 0. The number of hydrogen-bond acceptors (Lipinski definition) is 2. The highest BCUT2D eigenvalue weighted by Crippen LogP contribution is 2.62. The molecule has 0 saturated carbocycles. The van der Waals surface area contributed by atoms with Crippen molar-refractivity contribution < 1.29 is 4.74 Å². The number of ether oxygens (including phenoxy) is 1. The van der Waals surface area contributed by atoms with E-state index in [-0.39, 0.29) is 0 Å². The lowest BCUT2D eigenvalue weighted by molar-refractivity contribution is 0.436. The Labute approximate surface area is 411 Å². The quantitative estimate of drug-likeness (QED) is 0.106. The van der Waals surface area contributed by atoms with Gasteiger partial charge in [0.2, 0.25) is 0 Å². The number of para-hydroxylation sites is 2. The van der Waals surface area contributed by atoms with E-state index in [1.165, 1.54) is 59.7 Å². The van der Waals surface area contributed by atoms with Crippen LogP contribution in [0, 0.1) is 0 Å². The van der Waals surface area contributed by atoms with E-state index in [1.807, 2.05) is 0 Å². The maximum absolute atomic E-state index is 6.86. The van der Waals surface area contributed by atoms with E-state index in [9.17, 15) is 0 Å². The van der Waals surface area contributed by atoms with Crippen LogP contribution in [0.25, 0.3) is 33.4 Å². The maximum atomic E-state index is 6.86. The lowest BCUT2D eigenvalue weighted by atomic mass is 9.66. The molecule has 1 heterocycles. The molecule has 1 spiro atoms. The first kappa shape index (κ1) is 41.4. The van der Waals surface area contributed by atoms with Gasteiger partial charge in [-0.1, -0.05) is 237 Å². The van der Waals surface area contributed by atoms with Gasteiger partial charge in [-0.25, -0.2) is 0 Å². The SMILES string of the molecule is c1ccc(N(c2ccc(-c3ccc4c(c3)Oc3ccccc3C43c4ccccc4-c4ccccc43)cc2)c2cccc(-c3ccc([Si](c4ccccc4)(c4ccccc4)c4ccccc4)cc3)c2)cc1. The van der Waals surface area contributed by atoms with Crippen molar-refractivity contribution in [3.05, 3.63) is 307 Å². The Morgan fingerprint density at radius 3 is 1.27 bits per heavy atom. The summed E-state index contributed by atoms with van der Waals surface area (Å²) in [7, 11) is -2.64. The molecule has 3 heteroatoms. The molecule has 0 N–H and O–H groups in total. The van der Waals surface area contributed by atoms with E-state index in [1.54, 1.807) is 0 Å². The number of fused-ring (bicyclic) bond motifs is 9. The van der Waals surface area contributed by atoms with Gasteiger partial charge in [-0.3, -0.25) is 0 Å². The van der Waals surface area contributed by atoms with Gasteiger partial charge in [-0.15, -0.1) is 0 Å². The molecule has 11 aromatic carbocycles. The second-order valence-electron chi connectivity index (χ2n) is 18.3. The summed E-state index contributed by atoms with van der Waals surface area (Å²) >= 11 is 0. The second kappa shape index (κ2) is 17.1. The average Bonchev–Trinajstić information content (AvgIpc) is 3.73. The van der Waals surface area contributed by atoms with E-state index in [2.05, 4.69) is 290 Å². The number of hydrogen-bond donors (Lipinski definition) is 0. The molecule has 0 unspecified atom stereocenters. The summed E-state index contributed by atoms with van der Waals surface area (Å²) in [5.41, 5.74) is 14.8. The van der Waals surface area contributed by atoms with Gasteiger partial charge in [-0.05, 0) is 114 Å². The standard InChI is InChI=1S/C67H47NOSi/c1-5-21-52(22-6-1)68(54-23-19-20-50(46-54)49-38-43-58(44-39-49)70(55-24-7-2-8-25-55,56-26-9-3-10-27-56)57-28-11-4-12-29-57)53-41-36-48(37-42-53)51-40-45-64-66(47-51)69-65-35-18-17-34-63(65)67(64)61-32-15-13-30-59(61)60-31-14-16-33-62(60)67/h1-47H. The zero-order valence-corrected chi connectivity index (χ0v) is 39.5. The molecule has 11 aromatic rings. The predicted octanol–water partition coefficient (Wildman–Crippen LogP) is 14.3. The molecule has 0 fully saturated rings. The van der Waals surface area contributed by atoms with Crippen LogP contribution >= 0.6 is 0 Å². The first-order valence-corrected chi connectivity index (χ1v) is 26.2. The van der Waals surface area contributed by atoms with Crippen LogP contribution in [0.5, 0.6) is 11.5 Å². The molecule has 0 amide bonds. The fourth-order valence-corrected chi connectivity index (χ4v) is 16.4. The molecule has 0 atom stereocenters. The molecule has 70 heavy (non-hydrogen) atoms. The van der Waals surface area contributed by atoms with Crippen LogP contribution in [-0.4, -0.2) is 8.07 Å². The molecule has 2 aliphatic rings. The van der Waals surface area contributed by atoms with Crippen molar-refractivity contribution in [1.29, 1.82) is 0 Å². The summed E-state index contributed by atoms with van der Waals surface area (Å²) in [4.78, 5) is 2.35. The Kier molecular flexibility index (Phi) is 10.1. The molecule has 330 valence electrons. The summed E-state index contributed by atoms with van der Waals surface area (Å²) in [5.74, 6) is 1.78. The molecule has 1 aliphatic carbocycles. The molecule has 0 radical (unpaired) electrons. The van der Waals surface area contributed by atoms with Crippen LogP contribution in [0.1, 0.15) is 22.3 Å². The summed E-state index contributed by atoms with van der Waals surface area (Å²) < 4.78 is 6.86. The van der Waals surface area contributed by atoms with Gasteiger partial charge < -0.3 is 9.64 Å². The van der Waals surface area contributed by atoms with E-state index < -0.39 is 13.5 Å². The smallest absolute Gasteiger partial charge is 0.179 e. The van der Waals surface area contributed by atoms with Crippen molar-refractivity contribution in [2.75, 3.05) is 4.90 Å². The van der Waals surface area contributed by atoms with Gasteiger partial charge >= 0.3 is 0 Å². The molecule has 0 saturated heterocycles. The Bertz CT molecular complexity index is 3530. The second-order valence-corrected chi connectivity index (χ2v) is 22.2. The Hall–Kier alpha value is -8.76. The molecule has 0 aromatic heterocycles. The van der Waals surface area contributed by atoms with Crippen molar-refractivity contribution in [3.8, 4) is 44.9 Å². The number of anilines is 3. The monoisotopic (exact) mass is 909 g/mol. The first-order chi connectivity index (χ1) is 34.7. The largest absolute Gasteiger partial charge is 0.457 e. The van der Waals surface area contributed by atoms with Gasteiger partial charge in [0.1, 0.15) is 11.5 Å². The van der Waals surface area contributed by atoms with Crippen LogP contribution in [0.2, 0.25) is 0 Å². The Morgan fingerprint density at radius 2 is 0.686 bits per heavy atom. The van der Waals surface area contributed by atoms with Crippen LogP contribution < -0.4 is 30.4 Å². The molecule has 1 aliphatic heterocycles. The first-order valence-electron chi connectivity index (χ1n) is 24.2. The molecule has 0 bridgehead atoms.